The molecule has 0 saturated heterocycles. The molecule has 0 aliphatic heterocycles. The number of hydrogen-bond donors (Lipinski definition) is 1. The fourth-order valence-electron chi connectivity index (χ4n) is 3.49. The smallest absolute Gasteiger partial charge is 0.313 e. The topological polar surface area (TPSA) is 71.0 Å². The lowest BCUT2D eigenvalue weighted by Crippen LogP contribution is -2.34. The van der Waals surface area contributed by atoms with Crippen molar-refractivity contribution in [2.45, 2.75) is 56.3 Å². The minimum atomic E-state index is -0.247. The van der Waals surface area contributed by atoms with Crippen LogP contribution in [0.1, 0.15) is 44.1 Å². The molecule has 0 atom stereocenters. The van der Waals surface area contributed by atoms with Crippen LogP contribution in [0.3, 0.4) is 0 Å². The molecule has 1 aromatic heterocycles. The molecule has 1 amide bonds. The quantitative estimate of drug-likeness (QED) is 0.745. The molecule has 1 aromatic carbocycles. The lowest BCUT2D eigenvalue weighted by Gasteiger charge is -2.27. The number of nitrogens with zero attached hydrogens (tertiary/aromatic N) is 3. The fraction of sp³-hybridized carbons (Fsp3) is 0.450. The van der Waals surface area contributed by atoms with Crippen molar-refractivity contribution < 1.29 is 4.79 Å². The van der Waals surface area contributed by atoms with Gasteiger partial charge in [-0.1, -0.05) is 48.2 Å². The molecule has 1 fully saturated rings. The van der Waals surface area contributed by atoms with E-state index in [1.807, 2.05) is 35.2 Å². The van der Waals surface area contributed by atoms with E-state index >= 15 is 0 Å². The fourth-order valence-corrected chi connectivity index (χ4v) is 4.29. The van der Waals surface area contributed by atoms with Crippen LogP contribution >= 0.6 is 11.8 Å². The number of amides is 1. The molecule has 0 unspecified atom stereocenters. The second-order valence-corrected chi connectivity index (χ2v) is 8.05. The molecular formula is C20H24N4O2S. The Morgan fingerprint density at radius 3 is 2.78 bits per heavy atom. The van der Waals surface area contributed by atoms with E-state index in [2.05, 4.69) is 16.3 Å². The Morgan fingerprint density at radius 1 is 1.26 bits per heavy atom. The predicted molar refractivity (Wildman–Crippen MR) is 106 cm³/mol. The van der Waals surface area contributed by atoms with Gasteiger partial charge in [-0.25, -0.2) is 9.89 Å². The van der Waals surface area contributed by atoms with Crippen LogP contribution in [-0.4, -0.2) is 37.4 Å². The molecule has 2 aliphatic carbocycles. The van der Waals surface area contributed by atoms with Crippen LogP contribution < -0.4 is 5.69 Å². The maximum absolute atomic E-state index is 12.9. The van der Waals surface area contributed by atoms with E-state index in [9.17, 15) is 9.59 Å². The van der Waals surface area contributed by atoms with Crippen LogP contribution in [0.4, 0.5) is 0 Å². The maximum atomic E-state index is 12.9. The van der Waals surface area contributed by atoms with E-state index in [1.165, 1.54) is 23.9 Å². The molecular weight excluding hydrogens is 360 g/mol. The van der Waals surface area contributed by atoms with Crippen LogP contribution in [0, 0.1) is 0 Å². The van der Waals surface area contributed by atoms with Crippen LogP contribution in [0.5, 0.6) is 0 Å². The van der Waals surface area contributed by atoms with Crippen molar-refractivity contribution in [1.82, 2.24) is 19.7 Å². The summed E-state index contributed by atoms with van der Waals surface area (Å²) in [5.41, 5.74) is 1.97. The van der Waals surface area contributed by atoms with Crippen LogP contribution in [0.25, 0.3) is 0 Å². The number of aromatic nitrogens is 3. The van der Waals surface area contributed by atoms with Crippen LogP contribution in [0.15, 0.2) is 52.1 Å². The monoisotopic (exact) mass is 384 g/mol. The normalized spacial score (nSPS) is 16.8. The third-order valence-corrected chi connectivity index (χ3v) is 5.95. The molecule has 0 radical (unpaired) electrons. The number of nitrogens with one attached hydrogen (secondary N) is 1. The summed E-state index contributed by atoms with van der Waals surface area (Å²) in [5, 5.41) is 7.19. The number of aromatic amines is 1. The van der Waals surface area contributed by atoms with Gasteiger partial charge in [0, 0.05) is 11.7 Å². The summed E-state index contributed by atoms with van der Waals surface area (Å²) in [6.45, 7) is 0.449. The number of carbonyl (C=O) groups is 1. The zero-order chi connectivity index (χ0) is 18.6. The van der Waals surface area contributed by atoms with Crippen molar-refractivity contribution in [3.05, 3.63) is 58.2 Å². The van der Waals surface area contributed by atoms with Gasteiger partial charge in [-0.2, -0.15) is 0 Å². The summed E-state index contributed by atoms with van der Waals surface area (Å²) in [6, 6.07) is 10.2. The molecule has 7 heteroatoms. The van der Waals surface area contributed by atoms with E-state index in [0.717, 1.165) is 37.7 Å². The first-order valence-electron chi connectivity index (χ1n) is 9.55. The first kappa shape index (κ1) is 18.1. The highest BCUT2D eigenvalue weighted by molar-refractivity contribution is 7.99. The van der Waals surface area contributed by atoms with Crippen LogP contribution in [-0.2, 0) is 11.3 Å². The van der Waals surface area contributed by atoms with E-state index in [4.69, 9.17) is 0 Å². The Balaban J connectivity index is 1.44. The highest BCUT2D eigenvalue weighted by atomic mass is 32.2. The molecule has 4 rings (SSSR count). The summed E-state index contributed by atoms with van der Waals surface area (Å²) in [5.74, 6) is 0.421. The highest BCUT2D eigenvalue weighted by Gasteiger charge is 2.35. The number of H-pyrrole nitrogens is 1. The molecule has 1 N–H and O–H groups in total. The average Bonchev–Trinajstić information content (AvgIpc) is 3.47. The zero-order valence-corrected chi connectivity index (χ0v) is 16.1. The maximum Gasteiger partial charge on any atom is 0.344 e. The molecule has 0 spiro atoms. The lowest BCUT2D eigenvalue weighted by atomic mass is 10.0. The van der Waals surface area contributed by atoms with Crippen LogP contribution in [0.2, 0.25) is 0 Å². The third kappa shape index (κ3) is 4.35. The van der Waals surface area contributed by atoms with E-state index in [-0.39, 0.29) is 11.6 Å². The van der Waals surface area contributed by atoms with Crippen molar-refractivity contribution in [3.63, 3.8) is 0 Å². The van der Waals surface area contributed by atoms with Gasteiger partial charge in [-0.05, 0) is 44.1 Å². The summed E-state index contributed by atoms with van der Waals surface area (Å²) in [7, 11) is 0. The summed E-state index contributed by atoms with van der Waals surface area (Å²) < 4.78 is 1.59. The first-order chi connectivity index (χ1) is 13.2. The molecule has 1 saturated carbocycles. The van der Waals surface area contributed by atoms with Crippen molar-refractivity contribution in [2.75, 3.05) is 5.75 Å². The third-order valence-electron chi connectivity index (χ3n) is 4.99. The van der Waals surface area contributed by atoms with Gasteiger partial charge in [-0.3, -0.25) is 9.36 Å². The van der Waals surface area contributed by atoms with Gasteiger partial charge in [0.25, 0.3) is 0 Å². The number of thioether (sulfide) groups is 1. The standard InChI is InChI=1S/C20H24N4O2S/c25-18(24(17-11-12-17)16-9-5-2-6-10-16)14-27-20-22-21-19(26)23(20)13-15-7-3-1-4-8-15/h1,3-4,7-9,17H,2,5-6,10-14H2,(H,21,26). The first-order valence-corrected chi connectivity index (χ1v) is 10.5. The molecule has 1 heterocycles. The number of carbonyl (C=O) groups excluding carboxylic acids is 1. The minimum absolute atomic E-state index is 0.123. The lowest BCUT2D eigenvalue weighted by molar-refractivity contribution is -0.127. The predicted octanol–water partition coefficient (Wildman–Crippen LogP) is 3.16. The average molecular weight is 385 g/mol. The van der Waals surface area contributed by atoms with E-state index in [1.54, 1.807) is 4.57 Å². The van der Waals surface area contributed by atoms with Crippen molar-refractivity contribution in [3.8, 4) is 0 Å². The Hall–Kier alpha value is -2.28. The van der Waals surface area contributed by atoms with Crippen molar-refractivity contribution in [2.24, 2.45) is 0 Å². The zero-order valence-electron chi connectivity index (χ0n) is 15.3. The highest BCUT2D eigenvalue weighted by Crippen LogP contribution is 2.34. The van der Waals surface area contributed by atoms with E-state index in [0.29, 0.717) is 23.5 Å². The van der Waals surface area contributed by atoms with Gasteiger partial charge in [-0.15, -0.1) is 5.10 Å². The summed E-state index contributed by atoms with van der Waals surface area (Å²) >= 11 is 1.33. The number of benzene rings is 1. The molecule has 142 valence electrons. The molecule has 6 nitrogen and oxygen atoms in total. The van der Waals surface area contributed by atoms with Crippen molar-refractivity contribution in [1.29, 1.82) is 0 Å². The Labute approximate surface area is 162 Å². The Morgan fingerprint density at radius 2 is 2.07 bits per heavy atom. The Bertz CT molecular complexity index is 883. The minimum Gasteiger partial charge on any atom is -0.313 e. The van der Waals surface area contributed by atoms with Gasteiger partial charge in [0.15, 0.2) is 5.16 Å². The van der Waals surface area contributed by atoms with Gasteiger partial charge in [0.1, 0.15) is 0 Å². The SMILES string of the molecule is O=C(CSc1n[nH]c(=O)n1Cc1ccccc1)N(C1=CCCCC1)C1CC1. The summed E-state index contributed by atoms with van der Waals surface area (Å²) in [6.07, 6.45) is 8.84. The Kier molecular flexibility index (Phi) is 5.48. The number of hydrogen-bond acceptors (Lipinski definition) is 4. The van der Waals surface area contributed by atoms with Gasteiger partial charge < -0.3 is 4.90 Å². The molecule has 2 aromatic rings. The summed E-state index contributed by atoms with van der Waals surface area (Å²) in [4.78, 5) is 27.0. The number of allylic oxidation sites excluding steroid dienone is 2. The number of rotatable bonds is 7. The van der Waals surface area contributed by atoms with E-state index < -0.39 is 0 Å². The largest absolute Gasteiger partial charge is 0.344 e. The second-order valence-electron chi connectivity index (χ2n) is 7.11. The molecule has 2 aliphatic rings. The van der Waals surface area contributed by atoms with Crippen molar-refractivity contribution >= 4 is 17.7 Å². The van der Waals surface area contributed by atoms with Gasteiger partial charge in [0.2, 0.25) is 5.91 Å². The van der Waals surface area contributed by atoms with Gasteiger partial charge >= 0.3 is 5.69 Å². The van der Waals surface area contributed by atoms with Gasteiger partial charge in [0.05, 0.1) is 12.3 Å². The molecule has 27 heavy (non-hydrogen) atoms. The molecule has 0 bridgehead atoms. The second kappa shape index (κ2) is 8.17.